The van der Waals surface area contributed by atoms with Crippen LogP contribution in [0.3, 0.4) is 0 Å². The van der Waals surface area contributed by atoms with Crippen molar-refractivity contribution in [1.29, 1.82) is 0 Å². The van der Waals surface area contributed by atoms with Crippen molar-refractivity contribution in [3.05, 3.63) is 18.0 Å². The van der Waals surface area contributed by atoms with Gasteiger partial charge in [-0.15, -0.1) is 0 Å². The summed E-state index contributed by atoms with van der Waals surface area (Å²) in [5, 5.41) is 16.9. The van der Waals surface area contributed by atoms with Crippen LogP contribution in [0.25, 0.3) is 10.9 Å². The van der Waals surface area contributed by atoms with Gasteiger partial charge in [0.15, 0.2) is 5.82 Å². The fourth-order valence-electron chi connectivity index (χ4n) is 4.41. The number of aromatic nitrogens is 3. The van der Waals surface area contributed by atoms with Crippen LogP contribution in [0.1, 0.15) is 44.7 Å². The van der Waals surface area contributed by atoms with E-state index in [9.17, 15) is 26.7 Å². The van der Waals surface area contributed by atoms with Gasteiger partial charge in [-0.3, -0.25) is 0 Å². The van der Waals surface area contributed by atoms with Crippen LogP contribution in [0.4, 0.5) is 24.9 Å². The normalized spacial score (nSPS) is 25.5. The second-order valence-electron chi connectivity index (χ2n) is 9.01. The summed E-state index contributed by atoms with van der Waals surface area (Å²) in [6.07, 6.45) is 0.822. The Morgan fingerprint density at radius 1 is 1.18 bits per heavy atom. The number of alkyl halides is 3. The first-order valence-electron chi connectivity index (χ1n) is 10.8. The maximum Gasteiger partial charge on any atom is 0.433 e. The molecule has 33 heavy (non-hydrogen) atoms. The van der Waals surface area contributed by atoms with Crippen molar-refractivity contribution in [2.75, 3.05) is 30.0 Å². The fraction of sp³-hybridized carbons (Fsp3) is 0.650. The van der Waals surface area contributed by atoms with Gasteiger partial charge in [-0.1, -0.05) is 0 Å². The highest BCUT2D eigenvalue weighted by Crippen LogP contribution is 2.36. The van der Waals surface area contributed by atoms with E-state index in [-0.39, 0.29) is 28.7 Å². The van der Waals surface area contributed by atoms with Gasteiger partial charge in [0.05, 0.1) is 17.9 Å². The molecule has 1 saturated carbocycles. The number of nitrogens with one attached hydrogen (secondary N) is 2. The topological polar surface area (TPSA) is 120 Å². The number of aliphatic hydroxyl groups is 1. The van der Waals surface area contributed by atoms with Crippen molar-refractivity contribution in [3.8, 4) is 0 Å². The van der Waals surface area contributed by atoms with Gasteiger partial charge in [-0.05, 0) is 45.1 Å². The summed E-state index contributed by atoms with van der Waals surface area (Å²) >= 11 is 0. The van der Waals surface area contributed by atoms with Gasteiger partial charge in [-0.25, -0.2) is 27.7 Å². The number of rotatable bonds is 5. The molecule has 2 atom stereocenters. The maximum atomic E-state index is 13.4. The third-order valence-corrected chi connectivity index (χ3v) is 7.65. The first-order valence-corrected chi connectivity index (χ1v) is 12.6. The Balaban J connectivity index is 1.62. The number of pyridine rings is 1. The van der Waals surface area contributed by atoms with Crippen LogP contribution in [0.15, 0.2) is 12.3 Å². The summed E-state index contributed by atoms with van der Waals surface area (Å²) in [6, 6.07) is 0.375. The Labute approximate surface area is 189 Å². The molecule has 2 aromatic heterocycles. The second-order valence-corrected chi connectivity index (χ2v) is 11.0. The molecule has 4 rings (SSSR count). The molecule has 182 valence electrons. The van der Waals surface area contributed by atoms with Crippen molar-refractivity contribution in [3.63, 3.8) is 0 Å². The van der Waals surface area contributed by atoms with Crippen molar-refractivity contribution < 1.29 is 26.7 Å². The summed E-state index contributed by atoms with van der Waals surface area (Å²) in [5.74, 6) is 0.174. The molecule has 2 fully saturated rings. The van der Waals surface area contributed by atoms with Crippen molar-refractivity contribution >= 4 is 32.7 Å². The molecule has 13 heteroatoms. The minimum atomic E-state index is -4.65. The SMILES string of the molecule is CC1(O)CCCC1Nc1nc(C(F)(F)F)cc2cnc(NC3CCN(S(C)(=O)=O)CC3)nc12. The summed E-state index contributed by atoms with van der Waals surface area (Å²) in [5.41, 5.74) is -1.91. The number of sulfonamides is 1. The number of halogens is 3. The first-order chi connectivity index (χ1) is 15.3. The van der Waals surface area contributed by atoms with E-state index in [0.29, 0.717) is 38.8 Å². The Bertz CT molecular complexity index is 1130. The first kappa shape index (κ1) is 23.9. The average molecular weight is 489 g/mol. The third-order valence-electron chi connectivity index (χ3n) is 6.35. The van der Waals surface area contributed by atoms with E-state index >= 15 is 0 Å². The van der Waals surface area contributed by atoms with Crippen LogP contribution >= 0.6 is 0 Å². The Kier molecular flexibility index (Phi) is 6.16. The number of hydrogen-bond donors (Lipinski definition) is 3. The lowest BCUT2D eigenvalue weighted by Crippen LogP contribution is -2.42. The highest BCUT2D eigenvalue weighted by molar-refractivity contribution is 7.88. The van der Waals surface area contributed by atoms with Crippen LogP contribution in [0, 0.1) is 0 Å². The van der Waals surface area contributed by atoms with Crippen molar-refractivity contribution in [1.82, 2.24) is 19.3 Å². The number of fused-ring (bicyclic) bond motifs is 1. The number of piperidine rings is 1. The molecule has 3 N–H and O–H groups in total. The molecule has 9 nitrogen and oxygen atoms in total. The maximum absolute atomic E-state index is 13.4. The molecule has 0 aromatic carbocycles. The van der Waals surface area contributed by atoms with Gasteiger partial charge in [0.2, 0.25) is 16.0 Å². The molecular formula is C20H27F3N6O3S. The van der Waals surface area contributed by atoms with E-state index in [1.807, 2.05) is 0 Å². The highest BCUT2D eigenvalue weighted by atomic mass is 32.2. The van der Waals surface area contributed by atoms with Crippen LogP contribution in [0.5, 0.6) is 0 Å². The Morgan fingerprint density at radius 2 is 1.88 bits per heavy atom. The minimum Gasteiger partial charge on any atom is -0.388 e. The van der Waals surface area contributed by atoms with Crippen LogP contribution in [-0.4, -0.2) is 69.8 Å². The molecule has 3 heterocycles. The standard InChI is InChI=1S/C20H27F3N6O3S/c1-19(30)7-3-4-14(19)26-17-16-12(10-15(27-17)20(21,22)23)11-24-18(28-16)25-13-5-8-29(9-6-13)33(2,31)32/h10-11,13-14,30H,3-9H2,1-2H3,(H,26,27)(H,24,25,28). The summed E-state index contributed by atoms with van der Waals surface area (Å²) < 4.78 is 65.1. The molecule has 1 aliphatic carbocycles. The number of anilines is 2. The quantitative estimate of drug-likeness (QED) is 0.588. The van der Waals surface area contributed by atoms with Gasteiger partial charge in [0.1, 0.15) is 11.2 Å². The molecule has 2 aliphatic rings. The minimum absolute atomic E-state index is 0.0515. The Hall–Kier alpha value is -2.25. The number of hydrogen-bond acceptors (Lipinski definition) is 8. The molecule has 1 saturated heterocycles. The molecule has 0 amide bonds. The van der Waals surface area contributed by atoms with Crippen LogP contribution in [0.2, 0.25) is 0 Å². The van der Waals surface area contributed by atoms with E-state index in [0.717, 1.165) is 12.5 Å². The lowest BCUT2D eigenvalue weighted by molar-refractivity contribution is -0.141. The number of nitrogens with zero attached hydrogens (tertiary/aromatic N) is 4. The lowest BCUT2D eigenvalue weighted by atomic mass is 10.0. The largest absolute Gasteiger partial charge is 0.433 e. The van der Waals surface area contributed by atoms with Gasteiger partial charge >= 0.3 is 6.18 Å². The third kappa shape index (κ3) is 5.30. The molecule has 0 spiro atoms. The van der Waals surface area contributed by atoms with Gasteiger partial charge in [0, 0.05) is 30.7 Å². The monoisotopic (exact) mass is 488 g/mol. The molecule has 0 radical (unpaired) electrons. The van der Waals surface area contributed by atoms with E-state index in [2.05, 4.69) is 25.6 Å². The summed E-state index contributed by atoms with van der Waals surface area (Å²) in [7, 11) is -3.25. The zero-order valence-electron chi connectivity index (χ0n) is 18.4. The molecule has 2 unspecified atom stereocenters. The highest BCUT2D eigenvalue weighted by Gasteiger charge is 2.38. The molecule has 1 aliphatic heterocycles. The smallest absolute Gasteiger partial charge is 0.388 e. The van der Waals surface area contributed by atoms with Crippen LogP contribution in [-0.2, 0) is 16.2 Å². The zero-order chi connectivity index (χ0) is 24.0. The second kappa shape index (κ2) is 8.51. The Morgan fingerprint density at radius 3 is 2.45 bits per heavy atom. The van der Waals surface area contributed by atoms with E-state index in [1.165, 1.54) is 16.8 Å². The molecule has 2 aromatic rings. The fourth-order valence-corrected chi connectivity index (χ4v) is 5.29. The lowest BCUT2D eigenvalue weighted by Gasteiger charge is -2.30. The average Bonchev–Trinajstić information content (AvgIpc) is 3.05. The zero-order valence-corrected chi connectivity index (χ0v) is 19.2. The van der Waals surface area contributed by atoms with Crippen LogP contribution < -0.4 is 10.6 Å². The van der Waals surface area contributed by atoms with E-state index < -0.39 is 33.5 Å². The van der Waals surface area contributed by atoms with Gasteiger partial charge < -0.3 is 15.7 Å². The van der Waals surface area contributed by atoms with E-state index in [4.69, 9.17) is 0 Å². The summed E-state index contributed by atoms with van der Waals surface area (Å²) in [6.45, 7) is 2.38. The van der Waals surface area contributed by atoms with E-state index in [1.54, 1.807) is 6.92 Å². The van der Waals surface area contributed by atoms with Crippen molar-refractivity contribution in [2.24, 2.45) is 0 Å². The predicted octanol–water partition coefficient (Wildman–Crippen LogP) is 2.59. The van der Waals surface area contributed by atoms with Gasteiger partial charge in [-0.2, -0.15) is 13.2 Å². The van der Waals surface area contributed by atoms with Gasteiger partial charge in [0.25, 0.3) is 0 Å². The predicted molar refractivity (Wildman–Crippen MR) is 117 cm³/mol. The van der Waals surface area contributed by atoms with Crippen molar-refractivity contribution in [2.45, 2.75) is 62.9 Å². The molecule has 0 bridgehead atoms. The molecular weight excluding hydrogens is 461 g/mol. The summed E-state index contributed by atoms with van der Waals surface area (Å²) in [4.78, 5) is 12.4.